The summed E-state index contributed by atoms with van der Waals surface area (Å²) in [5.41, 5.74) is 4.46. The van der Waals surface area contributed by atoms with Gasteiger partial charge in [0.1, 0.15) is 0 Å². The summed E-state index contributed by atoms with van der Waals surface area (Å²) in [5, 5.41) is 1.11. The standard InChI is InChI=1S/C25H20N2O4/c1-29-25(28)18-6-4-5-17(11-18)14-27-15-19(21-7-2-3-8-22(21)27)13-26-20-9-10-23-24(12-20)31-16-30-23/h2-13,15H,14,16H2,1H3. The van der Waals surface area contributed by atoms with Crippen molar-refractivity contribution in [3.8, 4) is 11.5 Å². The normalized spacial score (nSPS) is 12.5. The molecule has 6 heteroatoms. The number of rotatable bonds is 5. The van der Waals surface area contributed by atoms with Crippen molar-refractivity contribution in [3.05, 3.63) is 89.6 Å². The molecule has 0 aliphatic carbocycles. The highest BCUT2D eigenvalue weighted by molar-refractivity contribution is 6.00. The maximum absolute atomic E-state index is 11.9. The molecule has 5 rings (SSSR count). The molecule has 0 unspecified atom stereocenters. The molecule has 31 heavy (non-hydrogen) atoms. The number of carbonyl (C=O) groups is 1. The Labute approximate surface area is 179 Å². The van der Waals surface area contributed by atoms with Crippen molar-refractivity contribution < 1.29 is 19.0 Å². The molecule has 0 saturated heterocycles. The predicted molar refractivity (Wildman–Crippen MR) is 119 cm³/mol. The molecule has 0 radical (unpaired) electrons. The Bertz CT molecular complexity index is 1310. The van der Waals surface area contributed by atoms with Gasteiger partial charge in [-0.05, 0) is 35.9 Å². The fraction of sp³-hybridized carbons (Fsp3) is 0.120. The summed E-state index contributed by atoms with van der Waals surface area (Å²) in [7, 11) is 1.39. The second kappa shape index (κ2) is 7.99. The van der Waals surface area contributed by atoms with Gasteiger partial charge in [-0.1, -0.05) is 30.3 Å². The minimum atomic E-state index is -0.337. The van der Waals surface area contributed by atoms with E-state index in [1.165, 1.54) is 7.11 Å². The summed E-state index contributed by atoms with van der Waals surface area (Å²) in [6, 6.07) is 21.3. The van der Waals surface area contributed by atoms with Gasteiger partial charge < -0.3 is 18.8 Å². The average molecular weight is 412 g/mol. The molecule has 3 aromatic carbocycles. The minimum Gasteiger partial charge on any atom is -0.465 e. The first-order chi connectivity index (χ1) is 15.2. The number of nitrogens with zero attached hydrogens (tertiary/aromatic N) is 2. The van der Waals surface area contributed by atoms with Crippen molar-refractivity contribution in [2.24, 2.45) is 4.99 Å². The van der Waals surface area contributed by atoms with Crippen molar-refractivity contribution in [1.82, 2.24) is 4.57 Å². The molecule has 1 aliphatic rings. The second-order valence-electron chi connectivity index (χ2n) is 7.22. The number of methoxy groups -OCH3 is 1. The lowest BCUT2D eigenvalue weighted by Crippen LogP contribution is -2.03. The van der Waals surface area contributed by atoms with Crippen molar-refractivity contribution in [2.45, 2.75) is 6.54 Å². The van der Waals surface area contributed by atoms with E-state index in [2.05, 4.69) is 27.9 Å². The van der Waals surface area contributed by atoms with Crippen LogP contribution in [0.25, 0.3) is 10.9 Å². The number of hydrogen-bond acceptors (Lipinski definition) is 5. The highest BCUT2D eigenvalue weighted by atomic mass is 16.7. The lowest BCUT2D eigenvalue weighted by atomic mass is 10.1. The lowest BCUT2D eigenvalue weighted by Gasteiger charge is -2.07. The molecule has 1 aliphatic heterocycles. The summed E-state index contributed by atoms with van der Waals surface area (Å²) >= 11 is 0. The van der Waals surface area contributed by atoms with Gasteiger partial charge in [0.15, 0.2) is 11.5 Å². The SMILES string of the molecule is COC(=O)c1cccc(Cn2cc(C=Nc3ccc4c(c3)OCO4)c3ccccc32)c1. The summed E-state index contributed by atoms with van der Waals surface area (Å²) in [6.45, 7) is 0.871. The van der Waals surface area contributed by atoms with Crippen LogP contribution >= 0.6 is 0 Å². The van der Waals surface area contributed by atoms with Crippen LogP contribution in [0.4, 0.5) is 5.69 Å². The van der Waals surface area contributed by atoms with Crippen LogP contribution in [0, 0.1) is 0 Å². The van der Waals surface area contributed by atoms with Crippen LogP contribution in [0.15, 0.2) is 77.9 Å². The number of esters is 1. The number of benzene rings is 3. The van der Waals surface area contributed by atoms with E-state index in [4.69, 9.17) is 14.2 Å². The van der Waals surface area contributed by atoms with E-state index in [9.17, 15) is 4.79 Å². The number of fused-ring (bicyclic) bond motifs is 2. The van der Waals surface area contributed by atoms with E-state index >= 15 is 0 Å². The minimum absolute atomic E-state index is 0.243. The fourth-order valence-corrected chi connectivity index (χ4v) is 3.73. The zero-order valence-corrected chi connectivity index (χ0v) is 16.9. The van der Waals surface area contributed by atoms with E-state index < -0.39 is 0 Å². The van der Waals surface area contributed by atoms with Crippen LogP contribution in [-0.2, 0) is 11.3 Å². The molecule has 6 nitrogen and oxygen atoms in total. The molecule has 0 N–H and O–H groups in total. The van der Waals surface area contributed by atoms with Gasteiger partial charge in [-0.2, -0.15) is 0 Å². The third-order valence-electron chi connectivity index (χ3n) is 5.23. The number of hydrogen-bond donors (Lipinski definition) is 0. The van der Waals surface area contributed by atoms with Crippen LogP contribution in [0.1, 0.15) is 21.5 Å². The van der Waals surface area contributed by atoms with Gasteiger partial charge in [-0.25, -0.2) is 4.79 Å². The molecule has 0 bridgehead atoms. The Kier molecular flexibility index (Phi) is 4.88. The van der Waals surface area contributed by atoms with Crippen molar-refractivity contribution in [3.63, 3.8) is 0 Å². The average Bonchev–Trinajstić information content (AvgIpc) is 3.42. The van der Waals surface area contributed by atoms with Gasteiger partial charge in [-0.15, -0.1) is 0 Å². The van der Waals surface area contributed by atoms with Crippen LogP contribution in [0.5, 0.6) is 11.5 Å². The number of ether oxygens (including phenoxy) is 3. The zero-order valence-electron chi connectivity index (χ0n) is 16.9. The van der Waals surface area contributed by atoms with Gasteiger partial charge in [0.05, 0.1) is 18.4 Å². The quantitative estimate of drug-likeness (QED) is 0.344. The Morgan fingerprint density at radius 2 is 1.94 bits per heavy atom. The molecule has 0 atom stereocenters. The molecule has 0 amide bonds. The van der Waals surface area contributed by atoms with E-state index in [0.717, 1.165) is 33.5 Å². The van der Waals surface area contributed by atoms with Crippen molar-refractivity contribution in [2.75, 3.05) is 13.9 Å². The van der Waals surface area contributed by atoms with Gasteiger partial charge in [0.25, 0.3) is 0 Å². The second-order valence-corrected chi connectivity index (χ2v) is 7.22. The first-order valence-corrected chi connectivity index (χ1v) is 9.90. The Hall–Kier alpha value is -4.06. The highest BCUT2D eigenvalue weighted by Crippen LogP contribution is 2.35. The van der Waals surface area contributed by atoms with E-state index in [0.29, 0.717) is 17.9 Å². The Balaban J connectivity index is 1.47. The molecular weight excluding hydrogens is 392 g/mol. The number of carbonyl (C=O) groups excluding carboxylic acids is 1. The van der Waals surface area contributed by atoms with Gasteiger partial charge in [-0.3, -0.25) is 4.99 Å². The summed E-state index contributed by atoms with van der Waals surface area (Å²) in [6.07, 6.45) is 3.94. The molecule has 4 aromatic rings. The van der Waals surface area contributed by atoms with Crippen molar-refractivity contribution in [1.29, 1.82) is 0 Å². The zero-order chi connectivity index (χ0) is 21.2. The number of para-hydroxylation sites is 1. The van der Waals surface area contributed by atoms with Crippen molar-refractivity contribution >= 4 is 28.8 Å². The fourth-order valence-electron chi connectivity index (χ4n) is 3.73. The van der Waals surface area contributed by atoms with E-state index in [-0.39, 0.29) is 12.8 Å². The first kappa shape index (κ1) is 18.9. The highest BCUT2D eigenvalue weighted by Gasteiger charge is 2.13. The van der Waals surface area contributed by atoms with Crippen LogP contribution < -0.4 is 9.47 Å². The first-order valence-electron chi connectivity index (χ1n) is 9.90. The van der Waals surface area contributed by atoms with Gasteiger partial charge in [0.2, 0.25) is 6.79 Å². The molecular formula is C25H20N2O4. The largest absolute Gasteiger partial charge is 0.465 e. The number of aromatic nitrogens is 1. The maximum Gasteiger partial charge on any atom is 0.337 e. The van der Waals surface area contributed by atoms with Crippen LogP contribution in [-0.4, -0.2) is 30.7 Å². The Morgan fingerprint density at radius 3 is 2.84 bits per heavy atom. The van der Waals surface area contributed by atoms with Crippen LogP contribution in [0.2, 0.25) is 0 Å². The molecule has 0 fully saturated rings. The number of aliphatic imine (C=N–C) groups is 1. The van der Waals surface area contributed by atoms with E-state index in [1.54, 1.807) is 6.07 Å². The third-order valence-corrected chi connectivity index (χ3v) is 5.23. The molecule has 0 spiro atoms. The molecule has 0 saturated carbocycles. The molecule has 1 aromatic heterocycles. The lowest BCUT2D eigenvalue weighted by molar-refractivity contribution is 0.0600. The maximum atomic E-state index is 11.9. The Morgan fingerprint density at radius 1 is 1.06 bits per heavy atom. The van der Waals surface area contributed by atoms with E-state index in [1.807, 2.05) is 54.7 Å². The summed E-state index contributed by atoms with van der Waals surface area (Å²) in [5.74, 6) is 1.11. The monoisotopic (exact) mass is 412 g/mol. The van der Waals surface area contributed by atoms with Gasteiger partial charge in [0, 0.05) is 41.5 Å². The smallest absolute Gasteiger partial charge is 0.337 e. The molecule has 2 heterocycles. The topological polar surface area (TPSA) is 62.1 Å². The van der Waals surface area contributed by atoms with Crippen LogP contribution in [0.3, 0.4) is 0 Å². The van der Waals surface area contributed by atoms with Gasteiger partial charge >= 0.3 is 5.97 Å². The summed E-state index contributed by atoms with van der Waals surface area (Å²) in [4.78, 5) is 16.5. The molecule has 154 valence electrons. The third kappa shape index (κ3) is 3.75. The summed E-state index contributed by atoms with van der Waals surface area (Å²) < 4.78 is 17.8. The predicted octanol–water partition coefficient (Wildman–Crippen LogP) is 4.96.